The van der Waals surface area contributed by atoms with Gasteiger partial charge < -0.3 is 24.4 Å². The lowest BCUT2D eigenvalue weighted by Crippen LogP contribution is -2.60. The summed E-state index contributed by atoms with van der Waals surface area (Å²) < 4.78 is 51.5. The molecule has 4 atom stereocenters. The zero-order valence-electron chi connectivity index (χ0n) is 27.5. The highest BCUT2D eigenvalue weighted by atomic mass is 19.4. The zero-order chi connectivity index (χ0) is 34.1. The molecule has 3 aliphatic rings. The number of aliphatic hydroxyl groups excluding tert-OH is 1. The maximum atomic E-state index is 13.8. The minimum Gasteiger partial charge on any atom is -0.444 e. The highest BCUT2D eigenvalue weighted by molar-refractivity contribution is 5.98. The van der Waals surface area contributed by atoms with Gasteiger partial charge in [0.1, 0.15) is 12.2 Å². The molecule has 0 radical (unpaired) electrons. The van der Waals surface area contributed by atoms with E-state index in [0.717, 1.165) is 30.0 Å². The number of alkyl halides is 3. The topological polar surface area (TPSA) is 104 Å². The average molecular weight is 653 g/mol. The van der Waals surface area contributed by atoms with Crippen LogP contribution in [0.2, 0.25) is 0 Å². The summed E-state index contributed by atoms with van der Waals surface area (Å²) in [5.74, 6) is 0. The highest BCUT2D eigenvalue weighted by Crippen LogP contribution is 2.51. The largest absolute Gasteiger partial charge is 0.444 e. The quantitative estimate of drug-likeness (QED) is 0.356. The van der Waals surface area contributed by atoms with E-state index in [4.69, 9.17) is 9.57 Å². The number of hydrogen-bond acceptors (Lipinski definition) is 8. The lowest BCUT2D eigenvalue weighted by molar-refractivity contribution is -0.138. The molecule has 46 heavy (non-hydrogen) atoms. The Hall–Kier alpha value is -3.39. The standard InChI is InChI=1S/C26H29F3N4O5.C4H10.C3H8O/c1-16-25(9-8-20(12-25)31(2)15-34)38-30-13-18-10-19(26(27,28)29)11-21-22(18)32(16)23(35)33(21)24(36)37-14-17-6-4-3-5-7-17;2*1-3-4-2/h3-7,10-11,15-16,20,23,30,35H,8-9,12-14H2,1-2H3;3-4H2,1-2H3;3H2,1-2H3. The number of benzene rings is 2. The molecule has 2 amide bonds. The number of carbonyl (C=O) groups is 2. The van der Waals surface area contributed by atoms with Crippen molar-refractivity contribution in [2.75, 3.05) is 30.6 Å². The fourth-order valence-corrected chi connectivity index (χ4v) is 5.71. The third-order valence-corrected chi connectivity index (χ3v) is 8.62. The van der Waals surface area contributed by atoms with Gasteiger partial charge in [-0.3, -0.25) is 9.63 Å². The van der Waals surface area contributed by atoms with E-state index in [2.05, 4.69) is 24.1 Å². The Morgan fingerprint density at radius 2 is 1.85 bits per heavy atom. The van der Waals surface area contributed by atoms with E-state index in [1.54, 1.807) is 56.3 Å². The summed E-state index contributed by atoms with van der Waals surface area (Å²) in [5, 5.41) is 11.5. The fourth-order valence-electron chi connectivity index (χ4n) is 5.71. The molecule has 0 aromatic heterocycles. The first-order chi connectivity index (χ1) is 21.9. The monoisotopic (exact) mass is 652 g/mol. The molecule has 2 aromatic carbocycles. The van der Waals surface area contributed by atoms with Crippen molar-refractivity contribution in [1.82, 2.24) is 10.4 Å². The SMILES string of the molecule is CC1N2c3c(cc(C(F)(F)F)cc3N(C(=O)OCc3ccccc3)C2O)CNOC12CCC(N(C)C=O)C2.CCCC.CCOC. The Bertz CT molecular complexity index is 1280. The number of halogens is 3. The predicted octanol–water partition coefficient (Wildman–Crippen LogP) is 6.21. The van der Waals surface area contributed by atoms with Crippen molar-refractivity contribution in [2.24, 2.45) is 0 Å². The van der Waals surface area contributed by atoms with Crippen molar-refractivity contribution in [2.45, 2.75) is 103 Å². The van der Waals surface area contributed by atoms with Crippen LogP contribution >= 0.6 is 0 Å². The molecule has 2 heterocycles. The first-order valence-electron chi connectivity index (χ1n) is 15.7. The van der Waals surface area contributed by atoms with E-state index in [1.165, 1.54) is 17.7 Å². The number of nitrogens with one attached hydrogen (secondary N) is 1. The summed E-state index contributed by atoms with van der Waals surface area (Å²) in [5.41, 5.74) is 2.10. The number of nitrogens with zero attached hydrogens (tertiary/aromatic N) is 3. The summed E-state index contributed by atoms with van der Waals surface area (Å²) >= 11 is 0. The fraction of sp³-hybridized carbons (Fsp3) is 0.576. The number of carbonyl (C=O) groups excluding carboxylic acids is 2. The van der Waals surface area contributed by atoms with Gasteiger partial charge in [-0.2, -0.15) is 18.7 Å². The molecule has 1 fully saturated rings. The number of amides is 2. The highest BCUT2D eigenvalue weighted by Gasteiger charge is 2.54. The van der Waals surface area contributed by atoms with Crippen molar-refractivity contribution in [3.05, 3.63) is 59.2 Å². The Morgan fingerprint density at radius 3 is 2.41 bits per heavy atom. The summed E-state index contributed by atoms with van der Waals surface area (Å²) in [6.07, 6.45) is -2.31. The second-order valence-corrected chi connectivity index (χ2v) is 11.6. The Balaban J connectivity index is 0.000000647. The van der Waals surface area contributed by atoms with Gasteiger partial charge in [0, 0.05) is 39.8 Å². The van der Waals surface area contributed by atoms with Gasteiger partial charge in [0.15, 0.2) is 0 Å². The molecular weight excluding hydrogens is 605 g/mol. The van der Waals surface area contributed by atoms with Gasteiger partial charge in [-0.05, 0) is 49.9 Å². The summed E-state index contributed by atoms with van der Waals surface area (Å²) in [6.45, 7) is 8.72. The second kappa shape index (κ2) is 16.4. The molecule has 0 saturated heterocycles. The molecule has 4 unspecified atom stereocenters. The Labute approximate surface area is 269 Å². The van der Waals surface area contributed by atoms with E-state index in [0.29, 0.717) is 30.5 Å². The van der Waals surface area contributed by atoms with Crippen LogP contribution in [0.5, 0.6) is 0 Å². The van der Waals surface area contributed by atoms with Gasteiger partial charge in [0.2, 0.25) is 12.8 Å². The summed E-state index contributed by atoms with van der Waals surface area (Å²) in [6, 6.07) is 10.0. The van der Waals surface area contributed by atoms with Gasteiger partial charge in [-0.15, -0.1) is 0 Å². The van der Waals surface area contributed by atoms with E-state index in [1.807, 2.05) is 6.92 Å². The molecule has 10 nitrogen and oxygen atoms in total. The van der Waals surface area contributed by atoms with Crippen molar-refractivity contribution < 1.29 is 42.2 Å². The second-order valence-electron chi connectivity index (χ2n) is 11.6. The number of unbranched alkanes of at least 4 members (excludes halogenated alkanes) is 1. The van der Waals surface area contributed by atoms with E-state index in [9.17, 15) is 27.9 Å². The zero-order valence-corrected chi connectivity index (χ0v) is 27.5. The van der Waals surface area contributed by atoms with Gasteiger partial charge in [0.25, 0.3) is 0 Å². The smallest absolute Gasteiger partial charge is 0.418 e. The number of ether oxygens (including phenoxy) is 2. The number of hydroxylamine groups is 1. The van der Waals surface area contributed by atoms with Crippen molar-refractivity contribution in [1.29, 1.82) is 0 Å². The molecule has 1 aliphatic carbocycles. The van der Waals surface area contributed by atoms with Crippen LogP contribution in [0.25, 0.3) is 0 Å². The molecule has 2 aliphatic heterocycles. The first kappa shape index (κ1) is 37.1. The molecule has 0 bridgehead atoms. The van der Waals surface area contributed by atoms with Gasteiger partial charge >= 0.3 is 12.3 Å². The summed E-state index contributed by atoms with van der Waals surface area (Å²) in [4.78, 5) is 34.7. The number of rotatable bonds is 6. The maximum absolute atomic E-state index is 13.8. The summed E-state index contributed by atoms with van der Waals surface area (Å²) in [7, 11) is 3.36. The van der Waals surface area contributed by atoms with Crippen molar-refractivity contribution >= 4 is 23.9 Å². The number of methoxy groups -OCH3 is 1. The van der Waals surface area contributed by atoms with Crippen LogP contribution < -0.4 is 15.3 Å². The van der Waals surface area contributed by atoms with Gasteiger partial charge in [-0.1, -0.05) is 57.0 Å². The number of anilines is 2. The van der Waals surface area contributed by atoms with Crippen LogP contribution in [-0.2, 0) is 38.4 Å². The van der Waals surface area contributed by atoms with E-state index >= 15 is 0 Å². The van der Waals surface area contributed by atoms with Crippen LogP contribution in [-0.4, -0.2) is 67.3 Å². The van der Waals surface area contributed by atoms with Crippen LogP contribution in [0.4, 0.5) is 29.3 Å². The van der Waals surface area contributed by atoms with Gasteiger partial charge in [0.05, 0.1) is 23.0 Å². The normalized spacial score (nSPS) is 23.3. The number of hydrogen-bond donors (Lipinski definition) is 2. The lowest BCUT2D eigenvalue weighted by Gasteiger charge is -2.44. The minimum absolute atomic E-state index is 0.0920. The van der Waals surface area contributed by atoms with Crippen molar-refractivity contribution in [3.8, 4) is 0 Å². The van der Waals surface area contributed by atoms with Gasteiger partial charge in [-0.25, -0.2) is 9.69 Å². The van der Waals surface area contributed by atoms with E-state index in [-0.39, 0.29) is 30.4 Å². The van der Waals surface area contributed by atoms with Crippen LogP contribution in [0.3, 0.4) is 0 Å². The Kier molecular flexibility index (Phi) is 13.2. The lowest BCUT2D eigenvalue weighted by atomic mass is 9.90. The molecule has 1 spiro atoms. The maximum Gasteiger partial charge on any atom is 0.418 e. The molecule has 256 valence electrons. The molecule has 13 heteroatoms. The molecular formula is C33H47F3N4O6. The average Bonchev–Trinajstić information content (AvgIpc) is 3.62. The third kappa shape index (κ3) is 8.30. The molecule has 2 aromatic rings. The predicted molar refractivity (Wildman–Crippen MR) is 169 cm³/mol. The van der Waals surface area contributed by atoms with Crippen LogP contribution in [0, 0.1) is 0 Å². The molecule has 2 N–H and O–H groups in total. The molecule has 5 rings (SSSR count). The minimum atomic E-state index is -4.68. The third-order valence-electron chi connectivity index (χ3n) is 8.62. The van der Waals surface area contributed by atoms with E-state index < -0.39 is 35.8 Å². The van der Waals surface area contributed by atoms with Crippen LogP contribution in [0.15, 0.2) is 42.5 Å². The molecule has 1 saturated carbocycles. The number of aliphatic hydroxyl groups is 1. The Morgan fingerprint density at radius 1 is 1.20 bits per heavy atom. The van der Waals surface area contributed by atoms with Crippen molar-refractivity contribution in [3.63, 3.8) is 0 Å². The van der Waals surface area contributed by atoms with Crippen LogP contribution in [0.1, 0.15) is 76.5 Å². The first-order valence-corrected chi connectivity index (χ1v) is 15.7.